The SMILES string of the molecule is CCN(CC)C1(C#N)CCCCC1F. The van der Waals surface area contributed by atoms with Crippen LogP contribution in [0.5, 0.6) is 0 Å². The molecule has 0 spiro atoms. The zero-order valence-corrected chi connectivity index (χ0v) is 9.09. The van der Waals surface area contributed by atoms with Gasteiger partial charge in [0.15, 0.2) is 0 Å². The van der Waals surface area contributed by atoms with Crippen LogP contribution in [0.2, 0.25) is 0 Å². The smallest absolute Gasteiger partial charge is 0.140 e. The van der Waals surface area contributed by atoms with Gasteiger partial charge in [-0.05, 0) is 25.9 Å². The minimum Gasteiger partial charge on any atom is -0.284 e. The van der Waals surface area contributed by atoms with Crippen molar-refractivity contribution in [1.29, 1.82) is 5.26 Å². The molecule has 0 bridgehead atoms. The maximum absolute atomic E-state index is 13.9. The summed E-state index contributed by atoms with van der Waals surface area (Å²) < 4.78 is 13.9. The quantitative estimate of drug-likeness (QED) is 0.696. The number of nitriles is 1. The average molecular weight is 198 g/mol. The molecule has 2 atom stereocenters. The largest absolute Gasteiger partial charge is 0.284 e. The predicted octanol–water partition coefficient (Wildman–Crippen LogP) is 2.50. The van der Waals surface area contributed by atoms with Crippen molar-refractivity contribution in [2.75, 3.05) is 13.1 Å². The fourth-order valence-corrected chi connectivity index (χ4v) is 2.45. The van der Waals surface area contributed by atoms with Crippen molar-refractivity contribution in [2.24, 2.45) is 0 Å². The van der Waals surface area contributed by atoms with Gasteiger partial charge in [0.2, 0.25) is 0 Å². The van der Waals surface area contributed by atoms with Crippen molar-refractivity contribution >= 4 is 0 Å². The average Bonchev–Trinajstić information content (AvgIpc) is 2.22. The molecule has 1 fully saturated rings. The topological polar surface area (TPSA) is 27.0 Å². The number of halogens is 1. The summed E-state index contributed by atoms with van der Waals surface area (Å²) in [5, 5.41) is 9.21. The summed E-state index contributed by atoms with van der Waals surface area (Å²) in [6, 6.07) is 2.22. The molecule has 0 amide bonds. The van der Waals surface area contributed by atoms with Gasteiger partial charge in [-0.1, -0.05) is 26.7 Å². The lowest BCUT2D eigenvalue weighted by Crippen LogP contribution is -2.55. The normalized spacial score (nSPS) is 32.9. The van der Waals surface area contributed by atoms with Crippen LogP contribution in [0.4, 0.5) is 4.39 Å². The van der Waals surface area contributed by atoms with Crippen LogP contribution in [0.15, 0.2) is 0 Å². The van der Waals surface area contributed by atoms with Crippen molar-refractivity contribution < 1.29 is 4.39 Å². The van der Waals surface area contributed by atoms with Crippen molar-refractivity contribution in [1.82, 2.24) is 4.90 Å². The molecule has 1 aliphatic rings. The summed E-state index contributed by atoms with van der Waals surface area (Å²) in [6.45, 7) is 5.49. The van der Waals surface area contributed by atoms with E-state index in [1.54, 1.807) is 0 Å². The molecule has 0 aromatic rings. The number of nitrogens with zero attached hydrogens (tertiary/aromatic N) is 2. The molecule has 0 N–H and O–H groups in total. The molecular formula is C11H19FN2. The van der Waals surface area contributed by atoms with Crippen molar-refractivity contribution in [3.63, 3.8) is 0 Å². The molecule has 0 aromatic heterocycles. The lowest BCUT2D eigenvalue weighted by atomic mass is 9.79. The van der Waals surface area contributed by atoms with Crippen LogP contribution in [-0.4, -0.2) is 29.7 Å². The summed E-state index contributed by atoms with van der Waals surface area (Å²) >= 11 is 0. The summed E-state index contributed by atoms with van der Waals surface area (Å²) in [5.41, 5.74) is -0.832. The highest BCUT2D eigenvalue weighted by atomic mass is 19.1. The molecule has 1 aliphatic carbocycles. The molecule has 2 nitrogen and oxygen atoms in total. The minimum atomic E-state index is -0.971. The van der Waals surface area contributed by atoms with Gasteiger partial charge in [-0.25, -0.2) is 4.39 Å². The monoisotopic (exact) mass is 198 g/mol. The third-order valence-corrected chi connectivity index (χ3v) is 3.31. The Morgan fingerprint density at radius 3 is 2.50 bits per heavy atom. The van der Waals surface area contributed by atoms with E-state index in [0.29, 0.717) is 12.8 Å². The highest BCUT2D eigenvalue weighted by Gasteiger charge is 2.45. The molecule has 0 aromatic carbocycles. The van der Waals surface area contributed by atoms with Gasteiger partial charge >= 0.3 is 0 Å². The Hall–Kier alpha value is -0.620. The first-order valence-electron chi connectivity index (χ1n) is 5.51. The second-order valence-electron chi connectivity index (χ2n) is 3.92. The van der Waals surface area contributed by atoms with E-state index >= 15 is 0 Å². The summed E-state index contributed by atoms with van der Waals surface area (Å²) in [5.74, 6) is 0. The van der Waals surface area contributed by atoms with Gasteiger partial charge in [0.05, 0.1) is 6.07 Å². The zero-order chi connectivity index (χ0) is 10.6. The van der Waals surface area contributed by atoms with Gasteiger partial charge in [-0.15, -0.1) is 0 Å². The van der Waals surface area contributed by atoms with Crippen LogP contribution in [-0.2, 0) is 0 Å². The third kappa shape index (κ3) is 1.76. The van der Waals surface area contributed by atoms with E-state index in [2.05, 4.69) is 6.07 Å². The van der Waals surface area contributed by atoms with Crippen molar-refractivity contribution in [3.05, 3.63) is 0 Å². The van der Waals surface area contributed by atoms with Crippen LogP contribution in [0.1, 0.15) is 39.5 Å². The second kappa shape index (κ2) is 4.75. The van der Waals surface area contributed by atoms with Gasteiger partial charge in [0, 0.05) is 0 Å². The van der Waals surface area contributed by atoms with Crippen LogP contribution < -0.4 is 0 Å². The third-order valence-electron chi connectivity index (χ3n) is 3.31. The van der Waals surface area contributed by atoms with E-state index in [1.807, 2.05) is 18.7 Å². The van der Waals surface area contributed by atoms with Crippen molar-refractivity contribution in [2.45, 2.75) is 51.2 Å². The van der Waals surface area contributed by atoms with Gasteiger partial charge in [0.1, 0.15) is 11.7 Å². The lowest BCUT2D eigenvalue weighted by Gasteiger charge is -2.42. The first-order valence-corrected chi connectivity index (χ1v) is 5.51. The Labute approximate surface area is 85.7 Å². The highest BCUT2D eigenvalue weighted by Crippen LogP contribution is 2.35. The lowest BCUT2D eigenvalue weighted by molar-refractivity contribution is 0.0298. The first-order chi connectivity index (χ1) is 6.71. The molecule has 0 saturated heterocycles. The van der Waals surface area contributed by atoms with Gasteiger partial charge in [-0.2, -0.15) is 5.26 Å². The van der Waals surface area contributed by atoms with Crippen LogP contribution >= 0.6 is 0 Å². The van der Waals surface area contributed by atoms with Crippen LogP contribution in [0.25, 0.3) is 0 Å². The molecule has 3 heteroatoms. The number of hydrogen-bond donors (Lipinski definition) is 0. The number of rotatable bonds is 3. The maximum Gasteiger partial charge on any atom is 0.140 e. The van der Waals surface area contributed by atoms with Gasteiger partial charge in [0.25, 0.3) is 0 Å². The first kappa shape index (κ1) is 11.5. The molecular weight excluding hydrogens is 179 g/mol. The Morgan fingerprint density at radius 2 is 2.07 bits per heavy atom. The molecule has 0 radical (unpaired) electrons. The molecule has 2 unspecified atom stereocenters. The predicted molar refractivity (Wildman–Crippen MR) is 54.6 cm³/mol. The summed E-state index contributed by atoms with van der Waals surface area (Å²) in [6.07, 6.45) is 2.16. The minimum absolute atomic E-state index is 0.546. The van der Waals surface area contributed by atoms with E-state index in [-0.39, 0.29) is 0 Å². The highest BCUT2D eigenvalue weighted by molar-refractivity contribution is 5.14. The zero-order valence-electron chi connectivity index (χ0n) is 9.09. The summed E-state index contributed by atoms with van der Waals surface area (Å²) in [4.78, 5) is 1.97. The van der Waals surface area contributed by atoms with Crippen LogP contribution in [0.3, 0.4) is 0 Å². The Morgan fingerprint density at radius 1 is 1.43 bits per heavy atom. The van der Waals surface area contributed by atoms with E-state index in [0.717, 1.165) is 25.9 Å². The maximum atomic E-state index is 13.9. The fraction of sp³-hybridized carbons (Fsp3) is 0.909. The Bertz CT molecular complexity index is 220. The van der Waals surface area contributed by atoms with E-state index in [1.165, 1.54) is 0 Å². The number of alkyl halides is 1. The molecule has 80 valence electrons. The van der Waals surface area contributed by atoms with Crippen LogP contribution in [0, 0.1) is 11.3 Å². The molecule has 1 saturated carbocycles. The fourth-order valence-electron chi connectivity index (χ4n) is 2.45. The molecule has 14 heavy (non-hydrogen) atoms. The molecule has 0 heterocycles. The Balaban J connectivity index is 2.87. The summed E-state index contributed by atoms with van der Waals surface area (Å²) in [7, 11) is 0. The number of hydrogen-bond acceptors (Lipinski definition) is 2. The van der Waals surface area contributed by atoms with E-state index < -0.39 is 11.7 Å². The van der Waals surface area contributed by atoms with Gasteiger partial charge < -0.3 is 0 Å². The molecule has 1 rings (SSSR count). The standard InChI is InChI=1S/C11H19FN2/c1-3-14(4-2)11(9-13)8-6-5-7-10(11)12/h10H,3-8H2,1-2H3. The van der Waals surface area contributed by atoms with E-state index in [9.17, 15) is 9.65 Å². The molecule has 0 aliphatic heterocycles. The second-order valence-corrected chi connectivity index (χ2v) is 3.92. The van der Waals surface area contributed by atoms with E-state index in [4.69, 9.17) is 0 Å². The van der Waals surface area contributed by atoms with Gasteiger partial charge in [-0.3, -0.25) is 4.90 Å². The van der Waals surface area contributed by atoms with Crippen molar-refractivity contribution in [3.8, 4) is 6.07 Å². The Kier molecular flexibility index (Phi) is 3.88.